The van der Waals surface area contributed by atoms with Crippen LogP contribution in [-0.4, -0.2) is 40.3 Å². The number of nitrogens with zero attached hydrogens (tertiary/aromatic N) is 2. The Morgan fingerprint density at radius 2 is 2.25 bits per heavy atom. The lowest BCUT2D eigenvalue weighted by Crippen LogP contribution is -2.22. The third-order valence-corrected chi connectivity index (χ3v) is 3.50. The van der Waals surface area contributed by atoms with E-state index in [4.69, 9.17) is 9.47 Å². The van der Waals surface area contributed by atoms with Crippen LogP contribution in [0.4, 0.5) is 0 Å². The number of fused-ring (bicyclic) bond motifs is 1. The molecule has 20 heavy (non-hydrogen) atoms. The molecule has 1 fully saturated rings. The molecule has 2 aromatic rings. The average molecular weight is 276 g/mol. The van der Waals surface area contributed by atoms with Gasteiger partial charge in [0.15, 0.2) is 5.69 Å². The summed E-state index contributed by atoms with van der Waals surface area (Å²) in [5.74, 6) is -0.448. The molecule has 2 aromatic heterocycles. The molecular weight excluding hydrogens is 260 g/mol. The van der Waals surface area contributed by atoms with E-state index in [9.17, 15) is 9.90 Å². The lowest BCUT2D eigenvalue weighted by atomic mass is 10.0. The number of rotatable bonds is 4. The first-order valence-corrected chi connectivity index (χ1v) is 6.66. The Morgan fingerprint density at radius 1 is 1.45 bits per heavy atom. The predicted octanol–water partition coefficient (Wildman–Crippen LogP) is 1.84. The van der Waals surface area contributed by atoms with Gasteiger partial charge in [0.1, 0.15) is 5.65 Å². The van der Waals surface area contributed by atoms with E-state index in [1.165, 1.54) is 4.40 Å². The highest BCUT2D eigenvalue weighted by Crippen LogP contribution is 2.22. The zero-order valence-corrected chi connectivity index (χ0v) is 11.0. The van der Waals surface area contributed by atoms with Gasteiger partial charge in [0.2, 0.25) is 5.88 Å². The van der Waals surface area contributed by atoms with Crippen LogP contribution in [0.25, 0.3) is 5.65 Å². The maximum absolute atomic E-state index is 11.4. The number of imidazole rings is 1. The van der Waals surface area contributed by atoms with Crippen LogP contribution in [0, 0.1) is 5.92 Å². The van der Waals surface area contributed by atoms with Crippen molar-refractivity contribution in [2.45, 2.75) is 12.8 Å². The normalized spacial score (nSPS) is 16.4. The first-order valence-electron chi connectivity index (χ1n) is 6.66. The summed E-state index contributed by atoms with van der Waals surface area (Å²) in [5, 5.41) is 9.33. The molecule has 6 heteroatoms. The molecule has 0 saturated carbocycles. The van der Waals surface area contributed by atoms with Crippen molar-refractivity contribution in [2.24, 2.45) is 5.92 Å². The van der Waals surface area contributed by atoms with E-state index < -0.39 is 5.97 Å². The average Bonchev–Trinajstić information content (AvgIpc) is 2.84. The van der Waals surface area contributed by atoms with Gasteiger partial charge in [-0.2, -0.15) is 4.98 Å². The molecule has 1 saturated heterocycles. The topological polar surface area (TPSA) is 73.1 Å². The second kappa shape index (κ2) is 5.50. The Hall–Kier alpha value is -2.08. The van der Waals surface area contributed by atoms with Crippen molar-refractivity contribution in [3.63, 3.8) is 0 Å². The molecule has 3 heterocycles. The van der Waals surface area contributed by atoms with Crippen molar-refractivity contribution < 1.29 is 19.4 Å². The minimum atomic E-state index is -1.04. The SMILES string of the molecule is O=C(O)c1c(OCC2CCOCC2)nc2ccccn12. The maximum atomic E-state index is 11.4. The molecule has 0 radical (unpaired) electrons. The highest BCUT2D eigenvalue weighted by atomic mass is 16.5. The van der Waals surface area contributed by atoms with Gasteiger partial charge in [0.05, 0.1) is 6.61 Å². The molecule has 6 nitrogen and oxygen atoms in total. The summed E-state index contributed by atoms with van der Waals surface area (Å²) in [6.45, 7) is 1.96. The summed E-state index contributed by atoms with van der Waals surface area (Å²) < 4.78 is 12.5. The maximum Gasteiger partial charge on any atom is 0.358 e. The summed E-state index contributed by atoms with van der Waals surface area (Å²) >= 11 is 0. The Balaban J connectivity index is 1.82. The van der Waals surface area contributed by atoms with E-state index in [1.807, 2.05) is 6.07 Å². The van der Waals surface area contributed by atoms with Crippen molar-refractivity contribution in [3.05, 3.63) is 30.1 Å². The van der Waals surface area contributed by atoms with Crippen molar-refractivity contribution in [1.82, 2.24) is 9.38 Å². The summed E-state index contributed by atoms with van der Waals surface area (Å²) in [5.41, 5.74) is 0.652. The third-order valence-electron chi connectivity index (χ3n) is 3.50. The largest absolute Gasteiger partial charge is 0.476 e. The van der Waals surface area contributed by atoms with E-state index in [0.717, 1.165) is 26.1 Å². The summed E-state index contributed by atoms with van der Waals surface area (Å²) in [6, 6.07) is 5.34. The Labute approximate surface area is 116 Å². The monoisotopic (exact) mass is 276 g/mol. The van der Waals surface area contributed by atoms with Gasteiger partial charge in [0.25, 0.3) is 0 Å². The number of carbonyl (C=O) groups is 1. The molecular formula is C14H16N2O4. The van der Waals surface area contributed by atoms with Crippen LogP contribution in [0.5, 0.6) is 5.88 Å². The Bertz CT molecular complexity index is 617. The number of pyridine rings is 1. The van der Waals surface area contributed by atoms with Gasteiger partial charge >= 0.3 is 5.97 Å². The molecule has 0 bridgehead atoms. The van der Waals surface area contributed by atoms with E-state index in [2.05, 4.69) is 4.98 Å². The summed E-state index contributed by atoms with van der Waals surface area (Å²) in [4.78, 5) is 15.6. The van der Waals surface area contributed by atoms with Crippen molar-refractivity contribution in [1.29, 1.82) is 0 Å². The Kier molecular flexibility index (Phi) is 3.56. The van der Waals surface area contributed by atoms with Gasteiger partial charge in [-0.15, -0.1) is 0 Å². The second-order valence-corrected chi connectivity index (χ2v) is 4.87. The molecule has 0 aliphatic carbocycles. The summed E-state index contributed by atoms with van der Waals surface area (Å²) in [6.07, 6.45) is 3.55. The first kappa shape index (κ1) is 12.9. The molecule has 1 aliphatic heterocycles. The minimum absolute atomic E-state index is 0.0765. The first-order chi connectivity index (χ1) is 9.75. The van der Waals surface area contributed by atoms with E-state index in [0.29, 0.717) is 18.2 Å². The van der Waals surface area contributed by atoms with Crippen molar-refractivity contribution in [3.8, 4) is 5.88 Å². The number of aromatic nitrogens is 2. The molecule has 1 aliphatic rings. The van der Waals surface area contributed by atoms with Gasteiger partial charge in [-0.3, -0.25) is 4.40 Å². The number of hydrogen-bond acceptors (Lipinski definition) is 4. The smallest absolute Gasteiger partial charge is 0.358 e. The highest BCUT2D eigenvalue weighted by Gasteiger charge is 2.21. The molecule has 0 atom stereocenters. The molecule has 3 rings (SSSR count). The molecule has 0 spiro atoms. The fourth-order valence-corrected chi connectivity index (χ4v) is 2.38. The molecule has 0 unspecified atom stereocenters. The number of hydrogen-bond donors (Lipinski definition) is 1. The fourth-order valence-electron chi connectivity index (χ4n) is 2.38. The van der Waals surface area contributed by atoms with Gasteiger partial charge in [-0.25, -0.2) is 4.79 Å². The molecule has 0 amide bonds. The minimum Gasteiger partial charge on any atom is -0.476 e. The lowest BCUT2D eigenvalue weighted by molar-refractivity contribution is 0.0483. The van der Waals surface area contributed by atoms with Crippen LogP contribution in [-0.2, 0) is 4.74 Å². The fraction of sp³-hybridized carbons (Fsp3) is 0.429. The zero-order valence-electron chi connectivity index (χ0n) is 11.0. The van der Waals surface area contributed by atoms with Gasteiger partial charge in [-0.05, 0) is 30.9 Å². The van der Waals surface area contributed by atoms with E-state index >= 15 is 0 Å². The van der Waals surface area contributed by atoms with Crippen LogP contribution in [0.2, 0.25) is 0 Å². The lowest BCUT2D eigenvalue weighted by Gasteiger charge is -2.21. The number of aromatic carboxylic acids is 1. The highest BCUT2D eigenvalue weighted by molar-refractivity contribution is 5.89. The van der Waals surface area contributed by atoms with E-state index in [-0.39, 0.29) is 11.6 Å². The van der Waals surface area contributed by atoms with Crippen LogP contribution in [0.1, 0.15) is 23.3 Å². The predicted molar refractivity (Wildman–Crippen MR) is 71.2 cm³/mol. The number of ether oxygens (including phenoxy) is 2. The molecule has 1 N–H and O–H groups in total. The summed E-state index contributed by atoms with van der Waals surface area (Å²) in [7, 11) is 0. The number of carboxylic acids is 1. The zero-order chi connectivity index (χ0) is 13.9. The van der Waals surface area contributed by atoms with Crippen LogP contribution in [0.3, 0.4) is 0 Å². The molecule has 0 aromatic carbocycles. The van der Waals surface area contributed by atoms with Crippen molar-refractivity contribution in [2.75, 3.05) is 19.8 Å². The quantitative estimate of drug-likeness (QED) is 0.922. The number of carboxylic acid groups (broad SMARTS) is 1. The van der Waals surface area contributed by atoms with Crippen LogP contribution < -0.4 is 4.74 Å². The van der Waals surface area contributed by atoms with E-state index in [1.54, 1.807) is 18.3 Å². The molecule has 106 valence electrons. The van der Waals surface area contributed by atoms with Crippen LogP contribution >= 0.6 is 0 Å². The third kappa shape index (κ3) is 2.46. The van der Waals surface area contributed by atoms with Gasteiger partial charge in [-0.1, -0.05) is 6.07 Å². The van der Waals surface area contributed by atoms with Crippen LogP contribution in [0.15, 0.2) is 24.4 Å². The van der Waals surface area contributed by atoms with Crippen molar-refractivity contribution >= 4 is 11.6 Å². The second-order valence-electron chi connectivity index (χ2n) is 4.87. The van der Waals surface area contributed by atoms with Gasteiger partial charge < -0.3 is 14.6 Å². The standard InChI is InChI=1S/C14H16N2O4/c17-14(18)12-13(15-11-3-1-2-6-16(11)12)20-9-10-4-7-19-8-5-10/h1-3,6,10H,4-5,7-9H2,(H,17,18). The Morgan fingerprint density at radius 3 is 3.00 bits per heavy atom. The van der Waals surface area contributed by atoms with Gasteiger partial charge in [0, 0.05) is 19.4 Å².